The number of aliphatic hydroxyl groups is 2. The molecular weight excluding hydrogens is 184 g/mol. The van der Waals surface area contributed by atoms with Gasteiger partial charge in [-0.05, 0) is 26.2 Å². The van der Waals surface area contributed by atoms with E-state index < -0.39 is 18.2 Å². The highest BCUT2D eigenvalue weighted by Crippen LogP contribution is 2.03. The molecule has 0 aliphatic rings. The third-order valence-corrected chi connectivity index (χ3v) is 1.76. The molecule has 4 nitrogen and oxygen atoms in total. The van der Waals surface area contributed by atoms with Gasteiger partial charge in [0, 0.05) is 6.42 Å². The van der Waals surface area contributed by atoms with Gasteiger partial charge in [0.1, 0.15) is 0 Å². The zero-order valence-corrected chi connectivity index (χ0v) is 8.39. The highest BCUT2D eigenvalue weighted by Gasteiger charge is 2.02. The Labute approximate surface area is 83.9 Å². The van der Waals surface area contributed by atoms with E-state index in [1.54, 1.807) is 19.1 Å². The third kappa shape index (κ3) is 9.22. The van der Waals surface area contributed by atoms with Crippen molar-refractivity contribution in [3.63, 3.8) is 0 Å². The van der Waals surface area contributed by atoms with Crippen LogP contribution in [0.15, 0.2) is 12.2 Å². The summed E-state index contributed by atoms with van der Waals surface area (Å²) in [5.74, 6) is -0.840. The zero-order valence-electron chi connectivity index (χ0n) is 8.39. The summed E-state index contributed by atoms with van der Waals surface area (Å²) in [7, 11) is 0. The van der Waals surface area contributed by atoms with Crippen LogP contribution in [0.25, 0.3) is 0 Å². The second-order valence-electron chi connectivity index (χ2n) is 3.35. The molecule has 0 aromatic heterocycles. The number of allylic oxidation sites excluding steroid dienone is 1. The predicted molar refractivity (Wildman–Crippen MR) is 52.9 cm³/mol. The molecule has 0 fully saturated rings. The van der Waals surface area contributed by atoms with Crippen molar-refractivity contribution in [2.45, 2.75) is 44.8 Å². The lowest BCUT2D eigenvalue weighted by molar-refractivity contribution is -0.136. The van der Waals surface area contributed by atoms with Crippen molar-refractivity contribution < 1.29 is 20.1 Å². The van der Waals surface area contributed by atoms with Gasteiger partial charge in [-0.15, -0.1) is 0 Å². The number of carbonyl (C=O) groups is 1. The van der Waals surface area contributed by atoms with E-state index in [1.807, 2.05) is 0 Å². The van der Waals surface area contributed by atoms with E-state index in [0.717, 1.165) is 0 Å². The van der Waals surface area contributed by atoms with Crippen LogP contribution in [0.3, 0.4) is 0 Å². The molecule has 0 saturated carbocycles. The minimum atomic E-state index is -0.840. The molecule has 0 aliphatic carbocycles. The Morgan fingerprint density at radius 1 is 1.36 bits per heavy atom. The Morgan fingerprint density at radius 2 is 2.00 bits per heavy atom. The van der Waals surface area contributed by atoms with Crippen LogP contribution in [0.4, 0.5) is 0 Å². The molecule has 0 saturated heterocycles. The van der Waals surface area contributed by atoms with Crippen LogP contribution in [0.5, 0.6) is 0 Å². The van der Waals surface area contributed by atoms with Crippen LogP contribution >= 0.6 is 0 Å². The molecule has 14 heavy (non-hydrogen) atoms. The molecule has 4 heteroatoms. The van der Waals surface area contributed by atoms with Gasteiger partial charge in [0.25, 0.3) is 0 Å². The van der Waals surface area contributed by atoms with Crippen molar-refractivity contribution >= 4 is 5.97 Å². The van der Waals surface area contributed by atoms with Gasteiger partial charge >= 0.3 is 5.97 Å². The first-order valence-corrected chi connectivity index (χ1v) is 4.77. The lowest BCUT2D eigenvalue weighted by Crippen LogP contribution is -2.07. The Hall–Kier alpha value is -0.870. The van der Waals surface area contributed by atoms with Gasteiger partial charge < -0.3 is 15.3 Å². The Kier molecular flexibility index (Phi) is 7.06. The molecule has 2 atom stereocenters. The van der Waals surface area contributed by atoms with E-state index in [9.17, 15) is 9.90 Å². The minimum absolute atomic E-state index is 0.0830. The molecule has 0 amide bonds. The first kappa shape index (κ1) is 13.1. The molecule has 82 valence electrons. The minimum Gasteiger partial charge on any atom is -0.481 e. The molecule has 0 heterocycles. The average Bonchev–Trinajstić information content (AvgIpc) is 2.08. The number of hydrogen-bond donors (Lipinski definition) is 3. The fourth-order valence-corrected chi connectivity index (χ4v) is 0.968. The first-order valence-electron chi connectivity index (χ1n) is 4.77. The van der Waals surface area contributed by atoms with Crippen molar-refractivity contribution in [3.8, 4) is 0 Å². The van der Waals surface area contributed by atoms with Gasteiger partial charge in [0.15, 0.2) is 0 Å². The number of aliphatic hydroxyl groups excluding tert-OH is 2. The Morgan fingerprint density at radius 3 is 2.50 bits per heavy atom. The summed E-state index contributed by atoms with van der Waals surface area (Å²) in [6.07, 6.45) is 3.80. The second kappa shape index (κ2) is 7.53. The van der Waals surface area contributed by atoms with Gasteiger partial charge in [-0.3, -0.25) is 4.79 Å². The number of hydrogen-bond acceptors (Lipinski definition) is 3. The van der Waals surface area contributed by atoms with E-state index in [4.69, 9.17) is 10.2 Å². The summed E-state index contributed by atoms with van der Waals surface area (Å²) in [6, 6.07) is 0. The van der Waals surface area contributed by atoms with E-state index in [0.29, 0.717) is 19.3 Å². The summed E-state index contributed by atoms with van der Waals surface area (Å²) in [5.41, 5.74) is 0. The van der Waals surface area contributed by atoms with Crippen molar-refractivity contribution in [2.75, 3.05) is 0 Å². The normalized spacial score (nSPS) is 15.6. The largest absolute Gasteiger partial charge is 0.481 e. The summed E-state index contributed by atoms with van der Waals surface area (Å²) >= 11 is 0. The van der Waals surface area contributed by atoms with Crippen LogP contribution in [-0.2, 0) is 4.79 Å². The monoisotopic (exact) mass is 202 g/mol. The number of aliphatic carboxylic acids is 1. The van der Waals surface area contributed by atoms with E-state index in [1.165, 1.54) is 0 Å². The van der Waals surface area contributed by atoms with Crippen molar-refractivity contribution in [1.29, 1.82) is 0 Å². The van der Waals surface area contributed by atoms with E-state index in [-0.39, 0.29) is 6.42 Å². The van der Waals surface area contributed by atoms with Gasteiger partial charge in [0.2, 0.25) is 0 Å². The standard InChI is InChI=1S/C10H18O4/c1-8(11)6-7-9(12)4-2-3-5-10(13)14/h2,4,8-9,11-12H,3,5-7H2,1H3,(H,13,14). The SMILES string of the molecule is CC(O)CCC(O)C=CCCC(=O)O. The van der Waals surface area contributed by atoms with Crippen molar-refractivity contribution in [1.82, 2.24) is 0 Å². The van der Waals surface area contributed by atoms with Gasteiger partial charge in [-0.2, -0.15) is 0 Å². The second-order valence-corrected chi connectivity index (χ2v) is 3.35. The number of carboxylic acids is 1. The fourth-order valence-electron chi connectivity index (χ4n) is 0.968. The Balaban J connectivity index is 3.50. The Bertz CT molecular complexity index is 187. The summed E-state index contributed by atoms with van der Waals surface area (Å²) in [5, 5.41) is 26.6. The van der Waals surface area contributed by atoms with E-state index >= 15 is 0 Å². The van der Waals surface area contributed by atoms with Crippen LogP contribution in [-0.4, -0.2) is 33.5 Å². The van der Waals surface area contributed by atoms with Crippen LogP contribution < -0.4 is 0 Å². The molecule has 0 aromatic carbocycles. The topological polar surface area (TPSA) is 77.8 Å². The van der Waals surface area contributed by atoms with Crippen LogP contribution in [0.2, 0.25) is 0 Å². The lowest BCUT2D eigenvalue weighted by Gasteiger charge is -2.06. The molecule has 2 unspecified atom stereocenters. The average molecular weight is 202 g/mol. The summed E-state index contributed by atoms with van der Waals surface area (Å²) in [4.78, 5) is 10.1. The fraction of sp³-hybridized carbons (Fsp3) is 0.700. The predicted octanol–water partition coefficient (Wildman–Crippen LogP) is 0.929. The number of rotatable bonds is 7. The zero-order chi connectivity index (χ0) is 11.0. The quantitative estimate of drug-likeness (QED) is 0.537. The van der Waals surface area contributed by atoms with Crippen molar-refractivity contribution in [2.24, 2.45) is 0 Å². The highest BCUT2D eigenvalue weighted by molar-refractivity contribution is 5.66. The molecule has 0 rings (SSSR count). The highest BCUT2D eigenvalue weighted by atomic mass is 16.4. The maximum Gasteiger partial charge on any atom is 0.303 e. The van der Waals surface area contributed by atoms with E-state index in [2.05, 4.69) is 0 Å². The van der Waals surface area contributed by atoms with Crippen molar-refractivity contribution in [3.05, 3.63) is 12.2 Å². The lowest BCUT2D eigenvalue weighted by atomic mass is 10.1. The number of carboxylic acid groups (broad SMARTS) is 1. The smallest absolute Gasteiger partial charge is 0.303 e. The van der Waals surface area contributed by atoms with Crippen LogP contribution in [0.1, 0.15) is 32.6 Å². The molecule has 0 aromatic rings. The summed E-state index contributed by atoms with van der Waals surface area (Å²) in [6.45, 7) is 1.67. The van der Waals surface area contributed by atoms with Gasteiger partial charge in [-0.1, -0.05) is 12.2 Å². The molecule has 0 radical (unpaired) electrons. The third-order valence-electron chi connectivity index (χ3n) is 1.76. The molecule has 3 N–H and O–H groups in total. The van der Waals surface area contributed by atoms with Gasteiger partial charge in [-0.25, -0.2) is 0 Å². The molecule has 0 spiro atoms. The first-order chi connectivity index (χ1) is 6.52. The molecule has 0 bridgehead atoms. The summed E-state index contributed by atoms with van der Waals surface area (Å²) < 4.78 is 0. The molecule has 0 aliphatic heterocycles. The maximum absolute atomic E-state index is 10.1. The molecular formula is C10H18O4. The maximum atomic E-state index is 10.1. The van der Waals surface area contributed by atoms with Gasteiger partial charge in [0.05, 0.1) is 12.2 Å². The van der Waals surface area contributed by atoms with Crippen LogP contribution in [0, 0.1) is 0 Å².